The van der Waals surface area contributed by atoms with Crippen LogP contribution in [-0.4, -0.2) is 55.4 Å². The molecule has 3 amide bonds. The van der Waals surface area contributed by atoms with Gasteiger partial charge in [0.1, 0.15) is 5.82 Å². The molecule has 0 atom stereocenters. The number of rotatable bonds is 7. The normalized spacial score (nSPS) is 15.3. The predicted octanol–water partition coefficient (Wildman–Crippen LogP) is 2.81. The fourth-order valence-corrected chi connectivity index (χ4v) is 4.44. The standard InChI is InChI=1S/C20H16FN5O3S2/c21-14-6-2-1-5-13(14)11-15-18(28)26(20(29)31-15)10-8-22-17(27)12-30-19-24-23-16-7-3-4-9-25(16)19/h1-7,9,11H,8,10,12H2,(H,22,27)/b15-11-. The fraction of sp³-hybridized carbons (Fsp3) is 0.150. The molecule has 0 spiro atoms. The Kier molecular flexibility index (Phi) is 6.33. The van der Waals surface area contributed by atoms with Crippen LogP contribution in [0.15, 0.2) is 58.7 Å². The number of benzene rings is 1. The first kappa shape index (κ1) is 21.1. The Morgan fingerprint density at radius 2 is 1.97 bits per heavy atom. The average Bonchev–Trinajstić information content (AvgIpc) is 3.29. The van der Waals surface area contributed by atoms with Gasteiger partial charge in [0.15, 0.2) is 10.8 Å². The second kappa shape index (κ2) is 9.31. The van der Waals surface area contributed by atoms with Crippen LogP contribution in [0.3, 0.4) is 0 Å². The van der Waals surface area contributed by atoms with E-state index in [0.717, 1.165) is 16.7 Å². The van der Waals surface area contributed by atoms with Crippen molar-refractivity contribution in [3.05, 3.63) is 64.9 Å². The summed E-state index contributed by atoms with van der Waals surface area (Å²) in [6.45, 7) is 0.147. The van der Waals surface area contributed by atoms with E-state index in [9.17, 15) is 18.8 Å². The molecular weight excluding hydrogens is 441 g/mol. The van der Waals surface area contributed by atoms with Gasteiger partial charge in [-0.15, -0.1) is 10.2 Å². The number of aromatic nitrogens is 3. The van der Waals surface area contributed by atoms with Gasteiger partial charge in [0.2, 0.25) is 5.91 Å². The van der Waals surface area contributed by atoms with Gasteiger partial charge in [-0.1, -0.05) is 36.0 Å². The highest BCUT2D eigenvalue weighted by atomic mass is 32.2. The van der Waals surface area contributed by atoms with E-state index in [-0.39, 0.29) is 35.2 Å². The number of carbonyl (C=O) groups is 3. The van der Waals surface area contributed by atoms with Crippen LogP contribution < -0.4 is 5.32 Å². The minimum absolute atomic E-state index is 0.0313. The minimum Gasteiger partial charge on any atom is -0.354 e. The molecule has 1 aromatic carbocycles. The Morgan fingerprint density at radius 1 is 1.16 bits per heavy atom. The number of fused-ring (bicyclic) bond motifs is 1. The molecule has 11 heteroatoms. The number of amides is 3. The van der Waals surface area contributed by atoms with Gasteiger partial charge >= 0.3 is 0 Å². The van der Waals surface area contributed by atoms with Crippen LogP contribution in [-0.2, 0) is 9.59 Å². The van der Waals surface area contributed by atoms with Crippen LogP contribution in [0.5, 0.6) is 0 Å². The summed E-state index contributed by atoms with van der Waals surface area (Å²) in [5.41, 5.74) is 0.924. The highest BCUT2D eigenvalue weighted by Gasteiger charge is 2.34. The Morgan fingerprint density at radius 3 is 2.81 bits per heavy atom. The van der Waals surface area contributed by atoms with Gasteiger partial charge in [-0.25, -0.2) is 4.39 Å². The fourth-order valence-electron chi connectivity index (χ4n) is 2.83. The van der Waals surface area contributed by atoms with Crippen molar-refractivity contribution in [1.82, 2.24) is 24.8 Å². The molecule has 2 aromatic heterocycles. The van der Waals surface area contributed by atoms with Gasteiger partial charge in [-0.3, -0.25) is 23.7 Å². The van der Waals surface area contributed by atoms with Crippen molar-refractivity contribution in [2.75, 3.05) is 18.8 Å². The summed E-state index contributed by atoms with van der Waals surface area (Å²) < 4.78 is 15.6. The lowest BCUT2D eigenvalue weighted by Crippen LogP contribution is -2.37. The molecule has 8 nitrogen and oxygen atoms in total. The first-order chi connectivity index (χ1) is 15.0. The molecule has 0 saturated carbocycles. The molecule has 0 bridgehead atoms. The third kappa shape index (κ3) is 4.78. The number of nitrogens with one attached hydrogen (secondary N) is 1. The topological polar surface area (TPSA) is 96.7 Å². The average molecular weight is 458 g/mol. The van der Waals surface area contributed by atoms with E-state index in [0.29, 0.717) is 10.8 Å². The monoisotopic (exact) mass is 457 g/mol. The zero-order valence-electron chi connectivity index (χ0n) is 16.0. The molecule has 158 valence electrons. The molecular formula is C20H16FN5O3S2. The molecule has 3 aromatic rings. The highest BCUT2D eigenvalue weighted by Crippen LogP contribution is 2.32. The van der Waals surface area contributed by atoms with Crippen molar-refractivity contribution in [2.45, 2.75) is 5.16 Å². The molecule has 4 rings (SSSR count). The van der Waals surface area contributed by atoms with Crippen LogP contribution in [0.4, 0.5) is 9.18 Å². The molecule has 0 unspecified atom stereocenters. The molecule has 0 radical (unpaired) electrons. The lowest BCUT2D eigenvalue weighted by molar-refractivity contribution is -0.123. The number of hydrogen-bond acceptors (Lipinski definition) is 7. The van der Waals surface area contributed by atoms with Crippen LogP contribution in [0.1, 0.15) is 5.56 Å². The zero-order chi connectivity index (χ0) is 21.8. The summed E-state index contributed by atoms with van der Waals surface area (Å²) in [6.07, 6.45) is 3.17. The van der Waals surface area contributed by atoms with E-state index in [2.05, 4.69) is 15.5 Å². The molecule has 1 N–H and O–H groups in total. The summed E-state index contributed by atoms with van der Waals surface area (Å²) in [5, 5.41) is 10.9. The quantitative estimate of drug-likeness (QED) is 0.430. The van der Waals surface area contributed by atoms with Crippen LogP contribution in [0.2, 0.25) is 0 Å². The molecule has 0 aliphatic carbocycles. The Hall–Kier alpha value is -3.18. The third-order valence-corrected chi connectivity index (χ3v) is 6.19. The predicted molar refractivity (Wildman–Crippen MR) is 116 cm³/mol. The lowest BCUT2D eigenvalue weighted by atomic mass is 10.2. The Bertz CT molecular complexity index is 1200. The molecule has 1 saturated heterocycles. The van der Waals surface area contributed by atoms with Crippen molar-refractivity contribution in [2.24, 2.45) is 0 Å². The number of nitrogens with zero attached hydrogens (tertiary/aromatic N) is 4. The molecule has 1 aliphatic rings. The van der Waals surface area contributed by atoms with Crippen LogP contribution in [0, 0.1) is 5.82 Å². The number of pyridine rings is 1. The van der Waals surface area contributed by atoms with E-state index < -0.39 is 17.0 Å². The van der Waals surface area contributed by atoms with Gasteiger partial charge in [0, 0.05) is 24.8 Å². The zero-order valence-corrected chi connectivity index (χ0v) is 17.7. The summed E-state index contributed by atoms with van der Waals surface area (Å²) >= 11 is 1.98. The Labute approximate surface area is 184 Å². The van der Waals surface area contributed by atoms with Crippen molar-refractivity contribution >= 4 is 52.3 Å². The number of hydrogen-bond donors (Lipinski definition) is 1. The second-order valence-electron chi connectivity index (χ2n) is 6.40. The van der Waals surface area contributed by atoms with Crippen molar-refractivity contribution in [3.63, 3.8) is 0 Å². The van der Waals surface area contributed by atoms with E-state index in [1.165, 1.54) is 30.0 Å². The van der Waals surface area contributed by atoms with Crippen LogP contribution in [0.25, 0.3) is 11.7 Å². The maximum absolute atomic E-state index is 13.8. The van der Waals surface area contributed by atoms with E-state index >= 15 is 0 Å². The first-order valence-electron chi connectivity index (χ1n) is 9.22. The number of imide groups is 1. The van der Waals surface area contributed by atoms with Gasteiger partial charge in [0.25, 0.3) is 11.1 Å². The highest BCUT2D eigenvalue weighted by molar-refractivity contribution is 8.18. The maximum Gasteiger partial charge on any atom is 0.293 e. The van der Waals surface area contributed by atoms with Gasteiger partial charge in [0.05, 0.1) is 10.7 Å². The van der Waals surface area contributed by atoms with Crippen molar-refractivity contribution < 1.29 is 18.8 Å². The van der Waals surface area contributed by atoms with E-state index in [4.69, 9.17) is 0 Å². The largest absolute Gasteiger partial charge is 0.354 e. The van der Waals surface area contributed by atoms with Crippen LogP contribution >= 0.6 is 23.5 Å². The second-order valence-corrected chi connectivity index (χ2v) is 8.34. The number of halogens is 1. The molecule has 31 heavy (non-hydrogen) atoms. The Balaban J connectivity index is 1.28. The maximum atomic E-state index is 13.8. The van der Waals surface area contributed by atoms with Crippen molar-refractivity contribution in [1.29, 1.82) is 0 Å². The van der Waals surface area contributed by atoms with E-state index in [1.54, 1.807) is 16.5 Å². The van der Waals surface area contributed by atoms with Crippen molar-refractivity contribution in [3.8, 4) is 0 Å². The SMILES string of the molecule is O=C(CSc1nnc2ccccn12)NCCN1C(=O)S/C(=C\c2ccccc2F)C1=O. The summed E-state index contributed by atoms with van der Waals surface area (Å²) in [6, 6.07) is 11.5. The first-order valence-corrected chi connectivity index (χ1v) is 11.0. The third-order valence-electron chi connectivity index (χ3n) is 4.34. The van der Waals surface area contributed by atoms with Gasteiger partial charge in [-0.2, -0.15) is 0 Å². The number of carbonyl (C=O) groups excluding carboxylic acids is 3. The van der Waals surface area contributed by atoms with Gasteiger partial charge in [-0.05, 0) is 36.0 Å². The molecule has 1 fully saturated rings. The molecule has 1 aliphatic heterocycles. The summed E-state index contributed by atoms with van der Waals surface area (Å²) in [5.74, 6) is -1.12. The van der Waals surface area contributed by atoms with Gasteiger partial charge < -0.3 is 5.32 Å². The summed E-state index contributed by atoms with van der Waals surface area (Å²) in [4.78, 5) is 37.9. The summed E-state index contributed by atoms with van der Waals surface area (Å²) in [7, 11) is 0. The minimum atomic E-state index is -0.503. The number of thioether (sulfide) groups is 2. The lowest BCUT2D eigenvalue weighted by Gasteiger charge is -2.12. The smallest absolute Gasteiger partial charge is 0.293 e. The molecule has 3 heterocycles. The van der Waals surface area contributed by atoms with E-state index in [1.807, 2.05) is 24.4 Å².